The Hall–Kier alpha value is -2.89. The van der Waals surface area contributed by atoms with E-state index in [0.29, 0.717) is 23.2 Å². The molecule has 0 unspecified atom stereocenters. The van der Waals surface area contributed by atoms with Crippen molar-refractivity contribution < 1.29 is 4.42 Å². The summed E-state index contributed by atoms with van der Waals surface area (Å²) in [6, 6.07) is 15.8. The second-order valence-corrected chi connectivity index (χ2v) is 8.19. The van der Waals surface area contributed by atoms with Crippen LogP contribution in [0.4, 0.5) is 5.69 Å². The third-order valence-corrected chi connectivity index (χ3v) is 6.03. The first-order chi connectivity index (χ1) is 14.7. The fourth-order valence-electron chi connectivity index (χ4n) is 4.31. The third kappa shape index (κ3) is 3.78. The van der Waals surface area contributed by atoms with Gasteiger partial charge in [-0.2, -0.15) is 0 Å². The monoisotopic (exact) mass is 419 g/mol. The van der Waals surface area contributed by atoms with E-state index in [4.69, 9.17) is 16.0 Å². The molecule has 2 aromatic carbocycles. The Kier molecular flexibility index (Phi) is 5.15. The van der Waals surface area contributed by atoms with Crippen molar-refractivity contribution in [2.75, 3.05) is 18.0 Å². The van der Waals surface area contributed by atoms with Gasteiger partial charge >= 0.3 is 5.63 Å². The fourth-order valence-corrected chi connectivity index (χ4v) is 4.49. The second kappa shape index (κ2) is 8.09. The quantitative estimate of drug-likeness (QED) is 0.483. The maximum atomic E-state index is 12.4. The van der Waals surface area contributed by atoms with Gasteiger partial charge in [-0.3, -0.25) is 4.98 Å². The molecule has 0 bridgehead atoms. The first-order valence-corrected chi connectivity index (χ1v) is 10.6. The lowest BCUT2D eigenvalue weighted by Crippen LogP contribution is -2.43. The maximum absolute atomic E-state index is 12.4. The third-order valence-electron chi connectivity index (χ3n) is 5.80. The summed E-state index contributed by atoms with van der Waals surface area (Å²) < 4.78 is 5.44. The summed E-state index contributed by atoms with van der Waals surface area (Å²) in [5.74, 6) is 0. The van der Waals surface area contributed by atoms with Gasteiger partial charge in [-0.1, -0.05) is 23.7 Å². The average Bonchev–Trinajstić information content (AvgIpc) is 2.78. The highest BCUT2D eigenvalue weighted by Gasteiger charge is 2.24. The number of aromatic nitrogens is 1. The Morgan fingerprint density at radius 2 is 1.93 bits per heavy atom. The van der Waals surface area contributed by atoms with Crippen LogP contribution in [-0.2, 0) is 6.54 Å². The predicted octanol–water partition coefficient (Wildman–Crippen LogP) is 4.75. The minimum Gasteiger partial charge on any atom is -0.423 e. The molecule has 1 aliphatic heterocycles. The lowest BCUT2D eigenvalue weighted by molar-refractivity contribution is 0.428. The van der Waals surface area contributed by atoms with Crippen LogP contribution >= 0.6 is 11.6 Å². The van der Waals surface area contributed by atoms with Crippen LogP contribution in [0.5, 0.6) is 0 Å². The number of nitrogens with zero attached hydrogens (tertiary/aromatic N) is 2. The molecule has 1 aliphatic rings. The van der Waals surface area contributed by atoms with E-state index < -0.39 is 0 Å². The summed E-state index contributed by atoms with van der Waals surface area (Å²) in [6.07, 6.45) is 5.72. The van der Waals surface area contributed by atoms with E-state index in [1.165, 1.54) is 5.56 Å². The molecule has 0 saturated carbocycles. The van der Waals surface area contributed by atoms with Crippen molar-refractivity contribution in [1.29, 1.82) is 0 Å². The van der Waals surface area contributed by atoms with E-state index in [1.807, 2.05) is 24.5 Å². The number of pyridine rings is 1. The lowest BCUT2D eigenvalue weighted by atomic mass is 10.0. The summed E-state index contributed by atoms with van der Waals surface area (Å²) in [6.45, 7) is 2.63. The largest absolute Gasteiger partial charge is 0.423 e. The van der Waals surface area contributed by atoms with Gasteiger partial charge in [-0.15, -0.1) is 0 Å². The van der Waals surface area contributed by atoms with E-state index in [-0.39, 0.29) is 5.63 Å². The van der Waals surface area contributed by atoms with Crippen LogP contribution in [-0.4, -0.2) is 24.1 Å². The lowest BCUT2D eigenvalue weighted by Gasteiger charge is -2.37. The maximum Gasteiger partial charge on any atom is 0.338 e. The summed E-state index contributed by atoms with van der Waals surface area (Å²) >= 11 is 6.29. The Bertz CT molecular complexity index is 1260. The zero-order chi connectivity index (χ0) is 20.5. The minimum absolute atomic E-state index is 0.323. The molecule has 5 nitrogen and oxygen atoms in total. The van der Waals surface area contributed by atoms with E-state index in [0.717, 1.165) is 47.8 Å². The molecule has 1 fully saturated rings. The highest BCUT2D eigenvalue weighted by atomic mass is 35.5. The van der Waals surface area contributed by atoms with E-state index in [1.54, 1.807) is 18.2 Å². The molecule has 4 aromatic rings. The molecule has 1 N–H and O–H groups in total. The standard InChI is InChI=1S/C24H22ClN3O2/c25-19-3-4-23-21(12-19)22(13-24(29)30-23)28(20-6-9-26-10-7-20)15-16-1-2-18-14-27-8-5-17(18)11-16/h1-5,8,11-14,20,26H,6-7,9-10,15H2. The van der Waals surface area contributed by atoms with Gasteiger partial charge in [0.2, 0.25) is 0 Å². The fraction of sp³-hybridized carbons (Fsp3) is 0.250. The number of hydrogen-bond donors (Lipinski definition) is 1. The molecule has 0 radical (unpaired) electrons. The molecule has 1 saturated heterocycles. The Labute approximate surface area is 179 Å². The molecule has 0 atom stereocenters. The van der Waals surface area contributed by atoms with Crippen molar-refractivity contribution in [2.24, 2.45) is 0 Å². The molecule has 3 heterocycles. The van der Waals surface area contributed by atoms with Crippen molar-refractivity contribution in [2.45, 2.75) is 25.4 Å². The molecule has 5 rings (SSSR count). The topological polar surface area (TPSA) is 58.4 Å². The Morgan fingerprint density at radius 1 is 1.07 bits per heavy atom. The summed E-state index contributed by atoms with van der Waals surface area (Å²) in [7, 11) is 0. The molecule has 0 amide bonds. The number of benzene rings is 2. The molecular weight excluding hydrogens is 398 g/mol. The van der Waals surface area contributed by atoms with Crippen LogP contribution in [0.3, 0.4) is 0 Å². The van der Waals surface area contributed by atoms with Gasteiger partial charge < -0.3 is 14.6 Å². The number of halogens is 1. The van der Waals surface area contributed by atoms with Gasteiger partial charge in [0.1, 0.15) is 5.58 Å². The van der Waals surface area contributed by atoms with Crippen molar-refractivity contribution in [3.05, 3.63) is 81.9 Å². The van der Waals surface area contributed by atoms with Crippen LogP contribution in [0.25, 0.3) is 21.7 Å². The van der Waals surface area contributed by atoms with Crippen LogP contribution < -0.4 is 15.8 Å². The first-order valence-electron chi connectivity index (χ1n) is 10.2. The SMILES string of the molecule is O=c1cc(N(Cc2ccc3cnccc3c2)C2CCNCC2)c2cc(Cl)ccc2o1. The van der Waals surface area contributed by atoms with Gasteiger partial charge in [0.15, 0.2) is 0 Å². The predicted molar refractivity (Wildman–Crippen MR) is 121 cm³/mol. The normalized spacial score (nSPS) is 15.0. The van der Waals surface area contributed by atoms with E-state index in [9.17, 15) is 4.79 Å². The molecule has 6 heteroatoms. The summed E-state index contributed by atoms with van der Waals surface area (Å²) in [5.41, 5.74) is 2.29. The van der Waals surface area contributed by atoms with Crippen molar-refractivity contribution >= 4 is 39.0 Å². The van der Waals surface area contributed by atoms with Gasteiger partial charge in [0.05, 0.1) is 5.69 Å². The van der Waals surface area contributed by atoms with Crippen molar-refractivity contribution in [3.63, 3.8) is 0 Å². The van der Waals surface area contributed by atoms with Crippen molar-refractivity contribution in [3.8, 4) is 0 Å². The minimum atomic E-state index is -0.344. The number of hydrogen-bond acceptors (Lipinski definition) is 5. The van der Waals surface area contributed by atoms with E-state index in [2.05, 4.69) is 33.4 Å². The smallest absolute Gasteiger partial charge is 0.338 e. The average molecular weight is 420 g/mol. The second-order valence-electron chi connectivity index (χ2n) is 7.76. The zero-order valence-electron chi connectivity index (χ0n) is 16.5. The number of rotatable bonds is 4. The molecule has 0 spiro atoms. The Balaban J connectivity index is 1.62. The summed E-state index contributed by atoms with van der Waals surface area (Å²) in [5, 5.41) is 7.20. The highest BCUT2D eigenvalue weighted by molar-refractivity contribution is 6.31. The first kappa shape index (κ1) is 19.1. The number of anilines is 1. The number of piperidine rings is 1. The Morgan fingerprint density at radius 3 is 2.80 bits per heavy atom. The van der Waals surface area contributed by atoms with Crippen LogP contribution in [0.1, 0.15) is 18.4 Å². The molecule has 0 aliphatic carbocycles. The van der Waals surface area contributed by atoms with E-state index >= 15 is 0 Å². The van der Waals surface area contributed by atoms with Gasteiger partial charge in [-0.05, 0) is 67.2 Å². The van der Waals surface area contributed by atoms with Crippen LogP contribution in [0.15, 0.2) is 70.1 Å². The van der Waals surface area contributed by atoms with Crippen LogP contribution in [0.2, 0.25) is 5.02 Å². The van der Waals surface area contributed by atoms with Gasteiger partial charge in [0.25, 0.3) is 0 Å². The molecule has 30 heavy (non-hydrogen) atoms. The van der Waals surface area contributed by atoms with Gasteiger partial charge in [0, 0.05) is 46.8 Å². The molecular formula is C24H22ClN3O2. The van der Waals surface area contributed by atoms with Gasteiger partial charge in [-0.25, -0.2) is 4.79 Å². The molecule has 152 valence electrons. The number of nitrogens with one attached hydrogen (secondary N) is 1. The zero-order valence-corrected chi connectivity index (χ0v) is 17.2. The van der Waals surface area contributed by atoms with Crippen LogP contribution in [0, 0.1) is 0 Å². The summed E-state index contributed by atoms with van der Waals surface area (Å²) in [4.78, 5) is 18.9. The van der Waals surface area contributed by atoms with Crippen molar-refractivity contribution in [1.82, 2.24) is 10.3 Å². The molecule has 2 aromatic heterocycles. The highest BCUT2D eigenvalue weighted by Crippen LogP contribution is 2.32. The number of fused-ring (bicyclic) bond motifs is 2.